The van der Waals surface area contributed by atoms with Crippen LogP contribution in [0.3, 0.4) is 0 Å². The first-order valence-electron chi connectivity index (χ1n) is 11.2. The topological polar surface area (TPSA) is 86.3 Å². The Hall–Kier alpha value is -2.79. The second kappa shape index (κ2) is 11.8. The van der Waals surface area contributed by atoms with Gasteiger partial charge >= 0.3 is 0 Å². The molecule has 35 heavy (non-hydrogen) atoms. The standard InChI is InChI=1S/C24H27ClFN7OS/c1-32-9-11-33(12-10-32)8-6-23(34)29-22-14-17(5-7-27-22)28-21-15-20(30-31-24(21)35-2)18-13-16(25)3-4-19(18)26/h3-5,7,13-15H,6,8-12H2,1-2H3,(H2,27,28,29,30,34). The van der Waals surface area contributed by atoms with Gasteiger partial charge in [0.2, 0.25) is 5.91 Å². The molecule has 0 bridgehead atoms. The van der Waals surface area contributed by atoms with Gasteiger partial charge in [-0.25, -0.2) is 9.37 Å². The number of pyridine rings is 1. The first kappa shape index (κ1) is 25.3. The summed E-state index contributed by atoms with van der Waals surface area (Å²) in [5, 5.41) is 15.6. The number of carbonyl (C=O) groups excluding carboxylic acids is 1. The van der Waals surface area contributed by atoms with Crippen molar-refractivity contribution in [2.45, 2.75) is 11.4 Å². The minimum atomic E-state index is -0.433. The maximum absolute atomic E-state index is 14.4. The molecule has 1 aliphatic rings. The zero-order valence-electron chi connectivity index (χ0n) is 19.6. The van der Waals surface area contributed by atoms with Crippen molar-refractivity contribution in [1.82, 2.24) is 25.0 Å². The van der Waals surface area contributed by atoms with Crippen LogP contribution in [0.15, 0.2) is 47.6 Å². The number of thioether (sulfide) groups is 1. The number of piperazine rings is 1. The molecular weight excluding hydrogens is 489 g/mol. The maximum atomic E-state index is 14.4. The molecule has 1 aliphatic heterocycles. The Kier molecular flexibility index (Phi) is 8.50. The van der Waals surface area contributed by atoms with E-state index in [1.54, 1.807) is 24.4 Å². The van der Waals surface area contributed by atoms with E-state index in [0.29, 0.717) is 39.4 Å². The van der Waals surface area contributed by atoms with Gasteiger partial charge in [0.15, 0.2) is 0 Å². The molecule has 3 heterocycles. The SMILES string of the molecule is CSc1nnc(-c2cc(Cl)ccc2F)cc1Nc1ccnc(NC(=O)CCN2CCN(C)CC2)c1. The van der Waals surface area contributed by atoms with Gasteiger partial charge in [-0.15, -0.1) is 22.0 Å². The number of hydrogen-bond donors (Lipinski definition) is 2. The van der Waals surface area contributed by atoms with Crippen LogP contribution in [0.5, 0.6) is 0 Å². The van der Waals surface area contributed by atoms with Crippen LogP contribution in [-0.4, -0.2) is 76.9 Å². The lowest BCUT2D eigenvalue weighted by molar-refractivity contribution is -0.116. The number of nitrogens with one attached hydrogen (secondary N) is 2. The quantitative estimate of drug-likeness (QED) is 0.428. The number of nitrogens with zero attached hydrogens (tertiary/aromatic N) is 5. The molecule has 184 valence electrons. The molecular formula is C24H27ClFN7OS. The average molecular weight is 516 g/mol. The van der Waals surface area contributed by atoms with Crippen LogP contribution < -0.4 is 10.6 Å². The van der Waals surface area contributed by atoms with Gasteiger partial charge in [-0.05, 0) is 43.6 Å². The third-order valence-corrected chi connectivity index (χ3v) is 6.64. The molecule has 2 aromatic heterocycles. The molecule has 8 nitrogen and oxygen atoms in total. The molecule has 0 atom stereocenters. The summed E-state index contributed by atoms with van der Waals surface area (Å²) in [6.07, 6.45) is 3.90. The molecule has 0 spiro atoms. The molecule has 1 amide bonds. The van der Waals surface area contributed by atoms with Gasteiger partial charge in [-0.3, -0.25) is 4.79 Å². The predicted molar refractivity (Wildman–Crippen MR) is 139 cm³/mol. The predicted octanol–water partition coefficient (Wildman–Crippen LogP) is 4.37. The van der Waals surface area contributed by atoms with Gasteiger partial charge in [-0.1, -0.05) is 11.6 Å². The molecule has 3 aromatic rings. The van der Waals surface area contributed by atoms with Crippen LogP contribution in [0, 0.1) is 5.82 Å². The number of aromatic nitrogens is 3. The van der Waals surface area contributed by atoms with Crippen molar-refractivity contribution in [2.75, 3.05) is 56.7 Å². The van der Waals surface area contributed by atoms with Gasteiger partial charge < -0.3 is 20.4 Å². The average Bonchev–Trinajstić information content (AvgIpc) is 2.85. The lowest BCUT2D eigenvalue weighted by atomic mass is 10.1. The molecule has 2 N–H and O–H groups in total. The van der Waals surface area contributed by atoms with Crippen LogP contribution in [-0.2, 0) is 4.79 Å². The maximum Gasteiger partial charge on any atom is 0.226 e. The summed E-state index contributed by atoms with van der Waals surface area (Å²) in [4.78, 5) is 21.3. The zero-order chi connectivity index (χ0) is 24.8. The first-order chi connectivity index (χ1) is 16.9. The van der Waals surface area contributed by atoms with Gasteiger partial charge in [0.1, 0.15) is 16.7 Å². The van der Waals surface area contributed by atoms with Gasteiger partial charge in [0.25, 0.3) is 0 Å². The summed E-state index contributed by atoms with van der Waals surface area (Å²) >= 11 is 7.46. The highest BCUT2D eigenvalue weighted by atomic mass is 35.5. The number of halogens is 2. The van der Waals surface area contributed by atoms with Gasteiger partial charge in [0.05, 0.1) is 11.4 Å². The Morgan fingerprint density at radius 1 is 1.14 bits per heavy atom. The van der Waals surface area contributed by atoms with Gasteiger partial charge in [-0.2, -0.15) is 0 Å². The zero-order valence-corrected chi connectivity index (χ0v) is 21.2. The highest BCUT2D eigenvalue weighted by Gasteiger charge is 2.16. The summed E-state index contributed by atoms with van der Waals surface area (Å²) in [7, 11) is 2.11. The fourth-order valence-electron chi connectivity index (χ4n) is 3.71. The summed E-state index contributed by atoms with van der Waals surface area (Å²) in [5.41, 5.74) is 1.98. The second-order valence-corrected chi connectivity index (χ2v) is 9.51. The van der Waals surface area contributed by atoms with E-state index in [4.69, 9.17) is 11.6 Å². The minimum absolute atomic E-state index is 0.0809. The Morgan fingerprint density at radius 2 is 1.94 bits per heavy atom. The number of likely N-dealkylation sites (N-methyl/N-ethyl adjacent to an activating group) is 1. The van der Waals surface area contributed by atoms with Crippen LogP contribution in [0.4, 0.5) is 21.6 Å². The summed E-state index contributed by atoms with van der Waals surface area (Å²) in [6, 6.07) is 9.56. The summed E-state index contributed by atoms with van der Waals surface area (Å²) in [6.45, 7) is 4.70. The van der Waals surface area contributed by atoms with Crippen molar-refractivity contribution >= 4 is 46.5 Å². The largest absolute Gasteiger partial charge is 0.353 e. The van der Waals surface area contributed by atoms with E-state index in [1.807, 2.05) is 6.26 Å². The molecule has 1 fully saturated rings. The van der Waals surface area contributed by atoms with E-state index in [9.17, 15) is 9.18 Å². The van der Waals surface area contributed by atoms with E-state index >= 15 is 0 Å². The third kappa shape index (κ3) is 6.88. The molecule has 1 aromatic carbocycles. The summed E-state index contributed by atoms with van der Waals surface area (Å²) in [5.74, 6) is -0.0630. The van der Waals surface area contributed by atoms with Crippen LogP contribution >= 0.6 is 23.4 Å². The minimum Gasteiger partial charge on any atom is -0.353 e. The van der Waals surface area contributed by atoms with Crippen molar-refractivity contribution in [3.8, 4) is 11.3 Å². The number of carbonyl (C=O) groups is 1. The van der Waals surface area contributed by atoms with Crippen molar-refractivity contribution in [1.29, 1.82) is 0 Å². The van der Waals surface area contributed by atoms with E-state index in [2.05, 4.69) is 42.7 Å². The third-order valence-electron chi connectivity index (χ3n) is 5.72. The fraction of sp³-hybridized carbons (Fsp3) is 0.333. The van der Waals surface area contributed by atoms with Crippen molar-refractivity contribution < 1.29 is 9.18 Å². The van der Waals surface area contributed by atoms with Crippen molar-refractivity contribution in [3.63, 3.8) is 0 Å². The Morgan fingerprint density at radius 3 is 2.71 bits per heavy atom. The monoisotopic (exact) mass is 515 g/mol. The van der Waals surface area contributed by atoms with Gasteiger partial charge in [0, 0.05) is 67.7 Å². The van der Waals surface area contributed by atoms with Crippen LogP contribution in [0.1, 0.15) is 6.42 Å². The van der Waals surface area contributed by atoms with Crippen molar-refractivity contribution in [2.24, 2.45) is 0 Å². The molecule has 0 radical (unpaired) electrons. The lowest BCUT2D eigenvalue weighted by Gasteiger charge is -2.32. The summed E-state index contributed by atoms with van der Waals surface area (Å²) < 4.78 is 14.4. The van der Waals surface area contributed by atoms with E-state index < -0.39 is 5.82 Å². The van der Waals surface area contributed by atoms with E-state index in [0.717, 1.165) is 32.7 Å². The highest BCUT2D eigenvalue weighted by Crippen LogP contribution is 2.31. The van der Waals surface area contributed by atoms with Crippen LogP contribution in [0.25, 0.3) is 11.3 Å². The van der Waals surface area contributed by atoms with E-state index in [1.165, 1.54) is 30.0 Å². The molecule has 0 saturated carbocycles. The Bertz CT molecular complexity index is 1190. The molecule has 4 rings (SSSR count). The first-order valence-corrected chi connectivity index (χ1v) is 12.8. The fourth-order valence-corrected chi connectivity index (χ4v) is 4.34. The molecule has 1 saturated heterocycles. The number of rotatable bonds is 8. The Balaban J connectivity index is 1.44. The van der Waals surface area contributed by atoms with E-state index in [-0.39, 0.29) is 11.5 Å². The molecule has 0 unspecified atom stereocenters. The van der Waals surface area contributed by atoms with Crippen molar-refractivity contribution in [3.05, 3.63) is 53.4 Å². The van der Waals surface area contributed by atoms with Crippen LogP contribution in [0.2, 0.25) is 5.02 Å². The normalized spacial score (nSPS) is 14.6. The smallest absolute Gasteiger partial charge is 0.226 e. The number of anilines is 3. The Labute approximate surface area is 213 Å². The number of amides is 1. The lowest BCUT2D eigenvalue weighted by Crippen LogP contribution is -2.45. The number of hydrogen-bond acceptors (Lipinski definition) is 8. The molecule has 11 heteroatoms. The number of benzene rings is 1. The molecule has 0 aliphatic carbocycles. The second-order valence-electron chi connectivity index (χ2n) is 8.27. The highest BCUT2D eigenvalue weighted by molar-refractivity contribution is 7.98.